The van der Waals surface area contributed by atoms with E-state index in [1.54, 1.807) is 7.05 Å². The minimum atomic E-state index is -0.483. The number of imide groups is 1. The van der Waals surface area contributed by atoms with Crippen LogP contribution in [-0.4, -0.2) is 71.3 Å². The quantitative estimate of drug-likeness (QED) is 0.584. The van der Waals surface area contributed by atoms with Crippen molar-refractivity contribution in [1.29, 1.82) is 0 Å². The number of nitrogens with one attached hydrogen (secondary N) is 1. The molecule has 1 atom stereocenters. The molecule has 2 heterocycles. The van der Waals surface area contributed by atoms with Crippen LogP contribution in [0.25, 0.3) is 0 Å². The SMILES string of the molecule is CCCCCC[N+]1=C(NCC)N=C2C1C(=O)N(C)C(=O)N2C. The highest BCUT2D eigenvalue weighted by molar-refractivity contribution is 6.22. The van der Waals surface area contributed by atoms with E-state index in [-0.39, 0.29) is 11.9 Å². The average Bonchev–Trinajstić information content (AvgIpc) is 2.86. The molecule has 22 heavy (non-hydrogen) atoms. The van der Waals surface area contributed by atoms with Gasteiger partial charge >= 0.3 is 12.0 Å². The number of unbranched alkanes of at least 4 members (excludes halogenated alkanes) is 3. The summed E-state index contributed by atoms with van der Waals surface area (Å²) in [4.78, 5) is 31.7. The van der Waals surface area contributed by atoms with E-state index in [0.717, 1.165) is 25.9 Å². The highest BCUT2D eigenvalue weighted by Crippen LogP contribution is 2.18. The van der Waals surface area contributed by atoms with Crippen LogP contribution in [-0.2, 0) is 4.79 Å². The number of hydrogen-bond donors (Lipinski definition) is 1. The second kappa shape index (κ2) is 6.89. The van der Waals surface area contributed by atoms with Crippen LogP contribution in [0, 0.1) is 0 Å². The third-order valence-electron chi connectivity index (χ3n) is 4.12. The number of amidine groups is 1. The average molecular weight is 308 g/mol. The predicted molar refractivity (Wildman–Crippen MR) is 85.1 cm³/mol. The van der Waals surface area contributed by atoms with Gasteiger partial charge in [-0.15, -0.1) is 0 Å². The summed E-state index contributed by atoms with van der Waals surface area (Å²) < 4.78 is 2.00. The van der Waals surface area contributed by atoms with Crippen LogP contribution in [0.4, 0.5) is 4.79 Å². The lowest BCUT2D eigenvalue weighted by atomic mass is 10.1. The van der Waals surface area contributed by atoms with Crippen LogP contribution < -0.4 is 5.32 Å². The predicted octanol–water partition coefficient (Wildman–Crippen LogP) is 0.849. The molecule has 2 rings (SSSR count). The van der Waals surface area contributed by atoms with E-state index < -0.39 is 6.04 Å². The minimum Gasteiger partial charge on any atom is -0.275 e. The number of carbonyl (C=O) groups is 2. The number of hydrogen-bond acceptors (Lipinski definition) is 4. The molecule has 0 aromatic carbocycles. The number of carbonyl (C=O) groups excluding carboxylic acids is 2. The summed E-state index contributed by atoms with van der Waals surface area (Å²) in [5.41, 5.74) is 0. The standard InChI is InChI=1S/C15H25N5O2/c1-5-7-8-9-10-20-11-12(17-14(20)16-6-2)18(3)15(22)19(4)13(11)21/h11H,5-10H2,1-4H3/p+1. The highest BCUT2D eigenvalue weighted by atomic mass is 16.2. The maximum atomic E-state index is 12.5. The normalized spacial score (nSPS) is 21.5. The van der Waals surface area contributed by atoms with Gasteiger partial charge in [0.1, 0.15) is 0 Å². The first-order chi connectivity index (χ1) is 10.5. The van der Waals surface area contributed by atoms with Gasteiger partial charge in [0.2, 0.25) is 11.9 Å². The Bertz CT molecular complexity index is 526. The molecule has 0 bridgehead atoms. The summed E-state index contributed by atoms with van der Waals surface area (Å²) in [6, 6.07) is -0.813. The second-order valence-electron chi connectivity index (χ2n) is 5.72. The number of likely N-dealkylation sites (N-methyl/N-ethyl adjacent to an activating group) is 2. The molecule has 0 aromatic rings. The van der Waals surface area contributed by atoms with Crippen LogP contribution >= 0.6 is 0 Å². The van der Waals surface area contributed by atoms with Gasteiger partial charge in [0, 0.05) is 14.1 Å². The van der Waals surface area contributed by atoms with Gasteiger partial charge in [0.05, 0.1) is 13.1 Å². The molecule has 1 unspecified atom stereocenters. The van der Waals surface area contributed by atoms with Crippen molar-refractivity contribution in [2.24, 2.45) is 4.99 Å². The molecular formula is C15H26N5O2+. The van der Waals surface area contributed by atoms with Crippen molar-refractivity contribution in [1.82, 2.24) is 15.1 Å². The summed E-state index contributed by atoms with van der Waals surface area (Å²) in [6.07, 6.45) is 4.51. The molecule has 0 saturated carbocycles. The third-order valence-corrected chi connectivity index (χ3v) is 4.12. The Kier molecular flexibility index (Phi) is 5.15. The number of urea groups is 1. The molecule has 1 saturated heterocycles. The van der Waals surface area contributed by atoms with Crippen molar-refractivity contribution in [2.45, 2.75) is 45.6 Å². The maximum Gasteiger partial charge on any atom is 0.390 e. The van der Waals surface area contributed by atoms with E-state index >= 15 is 0 Å². The maximum absolute atomic E-state index is 12.5. The molecular weight excluding hydrogens is 282 g/mol. The fourth-order valence-electron chi connectivity index (χ4n) is 2.84. The Morgan fingerprint density at radius 1 is 1.14 bits per heavy atom. The molecule has 2 aliphatic rings. The fraction of sp³-hybridized carbons (Fsp3) is 0.733. The smallest absolute Gasteiger partial charge is 0.275 e. The zero-order valence-corrected chi connectivity index (χ0v) is 13.9. The lowest BCUT2D eigenvalue weighted by Crippen LogP contribution is -2.61. The molecule has 122 valence electrons. The van der Waals surface area contributed by atoms with Gasteiger partial charge in [0.15, 0.2) is 0 Å². The van der Waals surface area contributed by atoms with E-state index in [2.05, 4.69) is 17.2 Å². The number of guanidine groups is 1. The molecule has 7 heteroatoms. The van der Waals surface area contributed by atoms with E-state index in [9.17, 15) is 9.59 Å². The molecule has 2 aliphatic heterocycles. The summed E-state index contributed by atoms with van der Waals surface area (Å²) in [5, 5.41) is 3.21. The summed E-state index contributed by atoms with van der Waals surface area (Å²) in [6.45, 7) is 5.66. The zero-order valence-electron chi connectivity index (χ0n) is 13.9. The Morgan fingerprint density at radius 3 is 2.50 bits per heavy atom. The first kappa shape index (κ1) is 16.5. The molecule has 0 aliphatic carbocycles. The number of nitrogens with zero attached hydrogens (tertiary/aromatic N) is 4. The van der Waals surface area contributed by atoms with E-state index in [1.165, 1.54) is 29.7 Å². The monoisotopic (exact) mass is 308 g/mol. The fourth-order valence-corrected chi connectivity index (χ4v) is 2.84. The highest BCUT2D eigenvalue weighted by Gasteiger charge is 2.50. The molecule has 0 spiro atoms. The molecule has 0 radical (unpaired) electrons. The Labute approximate surface area is 131 Å². The molecule has 0 aromatic heterocycles. The lowest BCUT2D eigenvalue weighted by molar-refractivity contribution is -0.537. The van der Waals surface area contributed by atoms with Crippen LogP contribution in [0.3, 0.4) is 0 Å². The molecule has 3 amide bonds. The molecule has 1 fully saturated rings. The number of amides is 3. The topological polar surface area (TPSA) is 68.0 Å². The second-order valence-corrected chi connectivity index (χ2v) is 5.72. The van der Waals surface area contributed by atoms with Crippen molar-refractivity contribution in [3.8, 4) is 0 Å². The van der Waals surface area contributed by atoms with Crippen LogP contribution in [0.1, 0.15) is 39.5 Å². The van der Waals surface area contributed by atoms with Gasteiger partial charge in [-0.25, -0.2) is 9.37 Å². The van der Waals surface area contributed by atoms with Gasteiger partial charge in [-0.1, -0.05) is 31.2 Å². The van der Waals surface area contributed by atoms with Gasteiger partial charge in [-0.3, -0.25) is 19.9 Å². The summed E-state index contributed by atoms with van der Waals surface area (Å²) in [7, 11) is 3.19. The van der Waals surface area contributed by atoms with Gasteiger partial charge in [-0.05, 0) is 13.3 Å². The molecule has 1 N–H and O–H groups in total. The number of aliphatic imine (C=N–C) groups is 1. The Balaban J connectivity index is 2.24. The first-order valence-electron chi connectivity index (χ1n) is 8.04. The van der Waals surface area contributed by atoms with Gasteiger partial charge in [-0.2, -0.15) is 0 Å². The van der Waals surface area contributed by atoms with Crippen molar-refractivity contribution in [3.05, 3.63) is 0 Å². The first-order valence-corrected chi connectivity index (χ1v) is 8.04. The van der Waals surface area contributed by atoms with E-state index in [4.69, 9.17) is 0 Å². The van der Waals surface area contributed by atoms with Crippen molar-refractivity contribution in [2.75, 3.05) is 27.2 Å². The van der Waals surface area contributed by atoms with Gasteiger partial charge < -0.3 is 0 Å². The largest absolute Gasteiger partial charge is 0.390 e. The van der Waals surface area contributed by atoms with Crippen molar-refractivity contribution < 1.29 is 14.2 Å². The zero-order chi connectivity index (χ0) is 16.3. The molecule has 7 nitrogen and oxygen atoms in total. The van der Waals surface area contributed by atoms with E-state index in [1.807, 2.05) is 11.5 Å². The number of rotatable bonds is 6. The van der Waals surface area contributed by atoms with Crippen LogP contribution in [0.2, 0.25) is 0 Å². The summed E-state index contributed by atoms with van der Waals surface area (Å²) >= 11 is 0. The van der Waals surface area contributed by atoms with Crippen LogP contribution in [0.15, 0.2) is 4.99 Å². The van der Waals surface area contributed by atoms with Crippen LogP contribution in [0.5, 0.6) is 0 Å². The Hall–Kier alpha value is -1.92. The van der Waals surface area contributed by atoms with Gasteiger partial charge in [0.25, 0.3) is 5.91 Å². The third kappa shape index (κ3) is 2.84. The summed E-state index contributed by atoms with van der Waals surface area (Å²) in [5.74, 6) is 1.02. The van der Waals surface area contributed by atoms with E-state index in [0.29, 0.717) is 11.8 Å². The van der Waals surface area contributed by atoms with Crippen molar-refractivity contribution in [3.63, 3.8) is 0 Å². The number of fused-ring (bicyclic) bond motifs is 1. The lowest BCUT2D eigenvalue weighted by Gasteiger charge is -2.31. The minimum absolute atomic E-state index is 0.203. The Morgan fingerprint density at radius 2 is 1.86 bits per heavy atom. The van der Waals surface area contributed by atoms with Crippen molar-refractivity contribution >= 4 is 23.7 Å².